The molecule has 0 aliphatic carbocycles. The number of fused-ring (bicyclic) bond motifs is 1. The number of methoxy groups -OCH3 is 1. The second kappa shape index (κ2) is 5.80. The van der Waals surface area contributed by atoms with Crippen molar-refractivity contribution in [3.63, 3.8) is 0 Å². The molecule has 1 fully saturated rings. The Labute approximate surface area is 141 Å². The molecule has 2 aliphatic rings. The van der Waals surface area contributed by atoms with Gasteiger partial charge in [0.1, 0.15) is 0 Å². The van der Waals surface area contributed by atoms with E-state index in [0.717, 1.165) is 11.1 Å². The highest BCUT2D eigenvalue weighted by molar-refractivity contribution is 5.93. The van der Waals surface area contributed by atoms with Gasteiger partial charge in [0, 0.05) is 12.5 Å². The van der Waals surface area contributed by atoms with Crippen molar-refractivity contribution in [2.75, 3.05) is 13.7 Å². The highest BCUT2D eigenvalue weighted by Gasteiger charge is 2.57. The van der Waals surface area contributed by atoms with E-state index in [1.54, 1.807) is 13.2 Å². The normalized spacial score (nSPS) is 25.5. The van der Waals surface area contributed by atoms with Crippen molar-refractivity contribution >= 4 is 5.91 Å². The number of carbonyl (C=O) groups is 1. The fourth-order valence-corrected chi connectivity index (χ4v) is 3.66. The third-order valence-electron chi connectivity index (χ3n) is 4.75. The van der Waals surface area contributed by atoms with Crippen LogP contribution in [-0.2, 0) is 20.7 Å². The van der Waals surface area contributed by atoms with Crippen molar-refractivity contribution in [2.24, 2.45) is 0 Å². The minimum Gasteiger partial charge on any atom is -0.496 e. The van der Waals surface area contributed by atoms with Crippen molar-refractivity contribution in [3.05, 3.63) is 83.6 Å². The third-order valence-corrected chi connectivity index (χ3v) is 4.75. The van der Waals surface area contributed by atoms with E-state index >= 15 is 0 Å². The van der Waals surface area contributed by atoms with Crippen LogP contribution in [0.3, 0.4) is 0 Å². The molecule has 4 heteroatoms. The zero-order chi connectivity index (χ0) is 16.6. The number of amides is 1. The first kappa shape index (κ1) is 15.0. The molecule has 0 spiro atoms. The van der Waals surface area contributed by atoms with Crippen molar-refractivity contribution in [3.8, 4) is 0 Å². The van der Waals surface area contributed by atoms with Gasteiger partial charge in [-0.25, -0.2) is 0 Å². The molecule has 4 nitrogen and oxygen atoms in total. The summed E-state index contributed by atoms with van der Waals surface area (Å²) in [4.78, 5) is 14.5. The van der Waals surface area contributed by atoms with Gasteiger partial charge in [-0.3, -0.25) is 9.69 Å². The van der Waals surface area contributed by atoms with E-state index in [1.165, 1.54) is 0 Å². The summed E-state index contributed by atoms with van der Waals surface area (Å²) in [5.41, 5.74) is 1.33. The summed E-state index contributed by atoms with van der Waals surface area (Å²) in [6, 6.07) is 20.0. The fraction of sp³-hybridized carbons (Fsp3) is 0.250. The molecule has 24 heavy (non-hydrogen) atoms. The van der Waals surface area contributed by atoms with Crippen LogP contribution in [0.1, 0.15) is 17.2 Å². The quantitative estimate of drug-likeness (QED) is 0.869. The zero-order valence-corrected chi connectivity index (χ0v) is 13.5. The lowest BCUT2D eigenvalue weighted by atomic mass is 9.99. The van der Waals surface area contributed by atoms with Gasteiger partial charge in [0.05, 0.1) is 19.8 Å². The minimum absolute atomic E-state index is 0.0610. The van der Waals surface area contributed by atoms with Crippen LogP contribution in [0, 0.1) is 0 Å². The number of hydrogen-bond donors (Lipinski definition) is 0. The van der Waals surface area contributed by atoms with Crippen molar-refractivity contribution in [1.82, 2.24) is 4.90 Å². The molecule has 0 saturated carbocycles. The van der Waals surface area contributed by atoms with E-state index in [0.29, 0.717) is 18.8 Å². The molecule has 1 saturated heterocycles. The lowest BCUT2D eigenvalue weighted by molar-refractivity contribution is -0.139. The lowest BCUT2D eigenvalue weighted by Crippen LogP contribution is -2.47. The Bertz CT molecular complexity index is 772. The number of ether oxygens (including phenoxy) is 2. The summed E-state index contributed by atoms with van der Waals surface area (Å²) in [5.74, 6) is 0.518. The highest BCUT2D eigenvalue weighted by atomic mass is 16.6. The van der Waals surface area contributed by atoms with Gasteiger partial charge < -0.3 is 9.47 Å². The monoisotopic (exact) mass is 321 g/mol. The zero-order valence-electron chi connectivity index (χ0n) is 13.5. The molecular formula is C20H19NO3. The maximum absolute atomic E-state index is 12.7. The van der Waals surface area contributed by atoms with Gasteiger partial charge in [-0.15, -0.1) is 0 Å². The van der Waals surface area contributed by atoms with Gasteiger partial charge in [0.15, 0.2) is 5.76 Å². The van der Waals surface area contributed by atoms with Crippen LogP contribution >= 0.6 is 0 Å². The summed E-state index contributed by atoms with van der Waals surface area (Å²) in [6.45, 7) is 0.462. The van der Waals surface area contributed by atoms with E-state index in [-0.39, 0.29) is 11.9 Å². The van der Waals surface area contributed by atoms with E-state index in [1.807, 2.05) is 65.6 Å². The number of hydrogen-bond acceptors (Lipinski definition) is 3. The van der Waals surface area contributed by atoms with Gasteiger partial charge in [0.2, 0.25) is 5.72 Å². The Kier molecular flexibility index (Phi) is 3.62. The van der Waals surface area contributed by atoms with E-state index < -0.39 is 5.72 Å². The van der Waals surface area contributed by atoms with Crippen molar-refractivity contribution in [2.45, 2.75) is 18.2 Å². The Morgan fingerprint density at radius 3 is 2.46 bits per heavy atom. The summed E-state index contributed by atoms with van der Waals surface area (Å²) < 4.78 is 11.8. The number of benzene rings is 2. The number of nitrogens with zero attached hydrogens (tertiary/aromatic N) is 1. The first-order valence-corrected chi connectivity index (χ1v) is 8.07. The molecule has 1 amide bonds. The van der Waals surface area contributed by atoms with E-state index in [2.05, 4.69) is 0 Å². The SMILES string of the molecule is COC1=CC(=O)N2[C@@H](c3ccccc3)CO[C@]12Cc1ccccc1. The second-order valence-corrected chi connectivity index (χ2v) is 6.11. The van der Waals surface area contributed by atoms with E-state index in [9.17, 15) is 4.79 Å². The average molecular weight is 321 g/mol. The molecule has 2 aromatic rings. The molecule has 2 heterocycles. The summed E-state index contributed by atoms with van der Waals surface area (Å²) >= 11 is 0. The van der Waals surface area contributed by atoms with Crippen LogP contribution in [0.25, 0.3) is 0 Å². The Morgan fingerprint density at radius 1 is 1.12 bits per heavy atom. The van der Waals surface area contributed by atoms with Crippen molar-refractivity contribution < 1.29 is 14.3 Å². The van der Waals surface area contributed by atoms with Gasteiger partial charge in [-0.05, 0) is 11.1 Å². The van der Waals surface area contributed by atoms with Crippen LogP contribution in [0.5, 0.6) is 0 Å². The molecule has 122 valence electrons. The molecular weight excluding hydrogens is 302 g/mol. The minimum atomic E-state index is -0.853. The molecule has 0 radical (unpaired) electrons. The molecule has 0 aromatic heterocycles. The lowest BCUT2D eigenvalue weighted by Gasteiger charge is -2.35. The first-order valence-electron chi connectivity index (χ1n) is 8.07. The smallest absolute Gasteiger partial charge is 0.253 e. The van der Waals surface area contributed by atoms with E-state index in [4.69, 9.17) is 9.47 Å². The van der Waals surface area contributed by atoms with Gasteiger partial charge >= 0.3 is 0 Å². The molecule has 2 atom stereocenters. The predicted octanol–water partition coefficient (Wildman–Crippen LogP) is 3.07. The molecule has 4 rings (SSSR count). The maximum Gasteiger partial charge on any atom is 0.253 e. The van der Waals surface area contributed by atoms with Crippen LogP contribution in [0.2, 0.25) is 0 Å². The highest BCUT2D eigenvalue weighted by Crippen LogP contribution is 2.47. The van der Waals surface area contributed by atoms with Gasteiger partial charge in [0.25, 0.3) is 5.91 Å². The summed E-state index contributed by atoms with van der Waals surface area (Å²) in [5, 5.41) is 0. The summed E-state index contributed by atoms with van der Waals surface area (Å²) in [6.07, 6.45) is 2.13. The number of carbonyl (C=O) groups excluding carboxylic acids is 1. The predicted molar refractivity (Wildman–Crippen MR) is 90.0 cm³/mol. The summed E-state index contributed by atoms with van der Waals surface area (Å²) in [7, 11) is 1.59. The third kappa shape index (κ3) is 2.22. The Balaban J connectivity index is 1.74. The number of rotatable bonds is 4. The van der Waals surface area contributed by atoms with Gasteiger partial charge in [-0.2, -0.15) is 0 Å². The average Bonchev–Trinajstić information content (AvgIpc) is 3.12. The maximum atomic E-state index is 12.7. The second-order valence-electron chi connectivity index (χ2n) is 6.11. The van der Waals surface area contributed by atoms with Gasteiger partial charge in [-0.1, -0.05) is 60.7 Å². The molecule has 2 aromatic carbocycles. The van der Waals surface area contributed by atoms with Crippen molar-refractivity contribution in [1.29, 1.82) is 0 Å². The molecule has 0 N–H and O–H groups in total. The standard InChI is InChI=1S/C20H19NO3/c1-23-18-12-19(22)21-17(16-10-6-3-7-11-16)14-24-20(18,21)13-15-8-4-2-5-9-15/h2-12,17H,13-14H2,1H3/t17-,20-/m1/s1. The molecule has 0 bridgehead atoms. The molecule has 0 unspecified atom stereocenters. The first-order chi connectivity index (χ1) is 11.7. The van der Waals surface area contributed by atoms with Crippen LogP contribution < -0.4 is 0 Å². The van der Waals surface area contributed by atoms with Crippen LogP contribution in [0.15, 0.2) is 72.5 Å². The Hall–Kier alpha value is -2.59. The van der Waals surface area contributed by atoms with Crippen LogP contribution in [-0.4, -0.2) is 30.2 Å². The topological polar surface area (TPSA) is 38.8 Å². The molecule has 2 aliphatic heterocycles. The Morgan fingerprint density at radius 2 is 1.79 bits per heavy atom. The van der Waals surface area contributed by atoms with Crippen LogP contribution in [0.4, 0.5) is 0 Å². The fourth-order valence-electron chi connectivity index (χ4n) is 3.66. The largest absolute Gasteiger partial charge is 0.496 e.